The van der Waals surface area contributed by atoms with Gasteiger partial charge < -0.3 is 40.2 Å². The van der Waals surface area contributed by atoms with E-state index in [1.165, 1.54) is 35.4 Å². The maximum atomic E-state index is 12.6. The van der Waals surface area contributed by atoms with Gasteiger partial charge in [0.15, 0.2) is 12.2 Å². The Balaban J connectivity index is 4.25. The third-order valence-corrected chi connectivity index (χ3v) is 8.57. The van der Waals surface area contributed by atoms with Crippen LogP contribution in [-0.2, 0) is 57.3 Å². The smallest absolute Gasteiger partial charge is 0.303 e. The quantitative estimate of drug-likeness (QED) is 0.0493. The molecule has 0 aliphatic heterocycles. The minimum Gasteiger partial charge on any atom is -0.465 e. The van der Waals surface area contributed by atoms with Gasteiger partial charge in [-0.2, -0.15) is 0 Å². The van der Waals surface area contributed by atoms with Crippen LogP contribution in [0.1, 0.15) is 68.2 Å². The fourth-order valence-corrected chi connectivity index (χ4v) is 5.55. The van der Waals surface area contributed by atoms with E-state index in [9.17, 15) is 38.4 Å². The Kier molecular flexibility index (Phi) is 21.2. The van der Waals surface area contributed by atoms with Gasteiger partial charge in [0.25, 0.3) is 11.8 Å². The summed E-state index contributed by atoms with van der Waals surface area (Å²) in [6.07, 6.45) is -2.43. The van der Waals surface area contributed by atoms with Crippen LogP contribution in [0.25, 0.3) is 0 Å². The summed E-state index contributed by atoms with van der Waals surface area (Å²) in [5, 5.41) is 10.6. The molecule has 48 heavy (non-hydrogen) atoms. The molecule has 0 aromatic heterocycles. The standard InChI is InChI=1S/C30H50N4O12S2/c1-19(35)43-17-29(5,6)25(45-21(3)37)27(41)33-11-9-23(39)31-13-15-47-48-16-14-32-24(40)10-12-34-28(42)26(46-22(4)38)30(7,8)18-44-20(2)36/h25-26H,9-18H2,1-8H3,(H,31,39)(H,32,40)(H,33,41)(H,34,42). The fraction of sp³-hybridized carbons (Fsp3) is 0.733. The van der Waals surface area contributed by atoms with Crippen molar-refractivity contribution in [1.82, 2.24) is 21.3 Å². The lowest BCUT2D eigenvalue weighted by atomic mass is 9.86. The highest BCUT2D eigenvalue weighted by Crippen LogP contribution is 2.26. The largest absolute Gasteiger partial charge is 0.465 e. The number of carbonyl (C=O) groups is 8. The first-order chi connectivity index (χ1) is 22.3. The Morgan fingerprint density at radius 2 is 0.854 bits per heavy atom. The zero-order chi connectivity index (χ0) is 36.9. The lowest BCUT2D eigenvalue weighted by molar-refractivity contribution is -0.167. The van der Waals surface area contributed by atoms with Gasteiger partial charge in [0.05, 0.1) is 0 Å². The van der Waals surface area contributed by atoms with E-state index in [4.69, 9.17) is 18.9 Å². The number of carbonyl (C=O) groups excluding carboxylic acids is 8. The van der Waals surface area contributed by atoms with E-state index in [0.29, 0.717) is 24.6 Å². The van der Waals surface area contributed by atoms with Gasteiger partial charge in [-0.1, -0.05) is 49.3 Å². The average Bonchev–Trinajstić information content (AvgIpc) is 2.97. The van der Waals surface area contributed by atoms with E-state index in [2.05, 4.69) is 21.3 Å². The Bertz CT molecular complexity index is 1050. The van der Waals surface area contributed by atoms with Crippen molar-refractivity contribution in [3.63, 3.8) is 0 Å². The molecule has 2 unspecified atom stereocenters. The summed E-state index contributed by atoms with van der Waals surface area (Å²) >= 11 is 0. The van der Waals surface area contributed by atoms with Gasteiger partial charge in [0.1, 0.15) is 13.2 Å². The highest BCUT2D eigenvalue weighted by molar-refractivity contribution is 8.76. The maximum Gasteiger partial charge on any atom is 0.303 e. The van der Waals surface area contributed by atoms with E-state index in [-0.39, 0.29) is 51.0 Å². The predicted molar refractivity (Wildman–Crippen MR) is 178 cm³/mol. The molecule has 0 heterocycles. The van der Waals surface area contributed by atoms with Crippen LogP contribution in [0.15, 0.2) is 0 Å². The second-order valence-corrected chi connectivity index (χ2v) is 14.6. The molecule has 0 rings (SSSR count). The number of rotatable bonds is 23. The molecule has 274 valence electrons. The zero-order valence-corrected chi connectivity index (χ0v) is 30.6. The summed E-state index contributed by atoms with van der Waals surface area (Å²) in [6, 6.07) is 0. The second kappa shape index (κ2) is 22.9. The first-order valence-corrected chi connectivity index (χ1v) is 17.7. The van der Waals surface area contributed by atoms with Crippen LogP contribution in [0.5, 0.6) is 0 Å². The summed E-state index contributed by atoms with van der Waals surface area (Å²) in [5.41, 5.74) is -1.99. The average molecular weight is 723 g/mol. The van der Waals surface area contributed by atoms with Gasteiger partial charge in [0.2, 0.25) is 11.8 Å². The van der Waals surface area contributed by atoms with Gasteiger partial charge in [-0.3, -0.25) is 38.4 Å². The summed E-state index contributed by atoms with van der Waals surface area (Å²) < 4.78 is 20.3. The van der Waals surface area contributed by atoms with Crippen LogP contribution in [0, 0.1) is 10.8 Å². The minimum absolute atomic E-state index is 0.00362. The Morgan fingerprint density at radius 1 is 0.521 bits per heavy atom. The van der Waals surface area contributed by atoms with Crippen LogP contribution in [0.3, 0.4) is 0 Å². The van der Waals surface area contributed by atoms with Crippen LogP contribution in [-0.4, -0.2) is 111 Å². The van der Waals surface area contributed by atoms with E-state index >= 15 is 0 Å². The van der Waals surface area contributed by atoms with E-state index < -0.39 is 58.7 Å². The van der Waals surface area contributed by atoms with Gasteiger partial charge in [-0.25, -0.2) is 0 Å². The minimum atomic E-state index is -1.22. The number of hydrogen-bond acceptors (Lipinski definition) is 14. The second-order valence-electron chi connectivity index (χ2n) is 11.9. The molecule has 0 aliphatic rings. The first-order valence-electron chi connectivity index (χ1n) is 15.2. The summed E-state index contributed by atoms with van der Waals surface area (Å²) in [7, 11) is 3.00. The van der Waals surface area contributed by atoms with Crippen LogP contribution in [0.2, 0.25) is 0 Å². The zero-order valence-electron chi connectivity index (χ0n) is 28.9. The van der Waals surface area contributed by atoms with Crippen molar-refractivity contribution in [2.75, 3.05) is 50.9 Å². The lowest BCUT2D eigenvalue weighted by Crippen LogP contribution is -2.49. The van der Waals surface area contributed by atoms with Crippen molar-refractivity contribution < 1.29 is 57.3 Å². The monoisotopic (exact) mass is 722 g/mol. The molecule has 0 bridgehead atoms. The maximum absolute atomic E-state index is 12.6. The molecule has 0 saturated heterocycles. The highest BCUT2D eigenvalue weighted by atomic mass is 33.1. The molecular formula is C30H50N4O12S2. The molecule has 0 radical (unpaired) electrons. The lowest BCUT2D eigenvalue weighted by Gasteiger charge is -2.31. The van der Waals surface area contributed by atoms with Crippen LogP contribution in [0.4, 0.5) is 0 Å². The van der Waals surface area contributed by atoms with Crippen LogP contribution < -0.4 is 21.3 Å². The van der Waals surface area contributed by atoms with E-state index in [0.717, 1.165) is 13.8 Å². The third kappa shape index (κ3) is 20.6. The summed E-state index contributed by atoms with van der Waals surface area (Å²) in [5.74, 6) is -2.99. The third-order valence-electron chi connectivity index (χ3n) is 6.16. The molecule has 0 aromatic carbocycles. The van der Waals surface area contributed by atoms with Crippen molar-refractivity contribution in [1.29, 1.82) is 0 Å². The van der Waals surface area contributed by atoms with Crippen molar-refractivity contribution in [3.8, 4) is 0 Å². The Labute approximate surface area is 289 Å². The first kappa shape index (κ1) is 44.5. The van der Waals surface area contributed by atoms with Crippen LogP contribution >= 0.6 is 21.6 Å². The number of nitrogens with one attached hydrogen (secondary N) is 4. The molecule has 4 amide bonds. The molecule has 2 atom stereocenters. The molecule has 0 spiro atoms. The Hall–Kier alpha value is -3.54. The Morgan fingerprint density at radius 3 is 1.15 bits per heavy atom. The van der Waals surface area contributed by atoms with Crippen molar-refractivity contribution in [3.05, 3.63) is 0 Å². The van der Waals surface area contributed by atoms with E-state index in [1.54, 1.807) is 27.7 Å². The molecule has 0 fully saturated rings. The number of ether oxygens (including phenoxy) is 4. The normalized spacial score (nSPS) is 12.4. The molecule has 0 aliphatic carbocycles. The fourth-order valence-electron chi connectivity index (χ4n) is 3.74. The number of esters is 4. The van der Waals surface area contributed by atoms with Gasteiger partial charge in [0, 0.05) is 89.1 Å². The topological polar surface area (TPSA) is 222 Å². The van der Waals surface area contributed by atoms with Gasteiger partial charge in [-0.15, -0.1) is 0 Å². The summed E-state index contributed by atoms with van der Waals surface area (Å²) in [4.78, 5) is 94.9. The number of hydrogen-bond donors (Lipinski definition) is 4. The van der Waals surface area contributed by atoms with Gasteiger partial charge >= 0.3 is 23.9 Å². The highest BCUT2D eigenvalue weighted by Gasteiger charge is 2.40. The number of amides is 4. The summed E-state index contributed by atoms with van der Waals surface area (Å²) in [6.45, 7) is 11.8. The molecule has 0 saturated carbocycles. The molecular weight excluding hydrogens is 672 g/mol. The van der Waals surface area contributed by atoms with Crippen molar-refractivity contribution in [2.45, 2.75) is 80.4 Å². The van der Waals surface area contributed by atoms with Crippen molar-refractivity contribution >= 4 is 69.1 Å². The van der Waals surface area contributed by atoms with Gasteiger partial charge in [-0.05, 0) is 0 Å². The van der Waals surface area contributed by atoms with Crippen molar-refractivity contribution in [2.24, 2.45) is 10.8 Å². The molecule has 0 aromatic rings. The molecule has 4 N–H and O–H groups in total. The SMILES string of the molecule is CC(=O)OCC(C)(C)C(OC(C)=O)C(=O)NCCC(=O)NCCSSCCNC(=O)CCNC(=O)C(OC(C)=O)C(C)(C)COC(C)=O. The molecule has 18 heteroatoms. The molecule has 16 nitrogen and oxygen atoms in total. The van der Waals surface area contributed by atoms with E-state index in [1.807, 2.05) is 0 Å². The predicted octanol–water partition coefficient (Wildman–Crippen LogP) is 0.655.